The summed E-state index contributed by atoms with van der Waals surface area (Å²) in [5.41, 5.74) is 1.14. The Balaban J connectivity index is 0.00000200. The molecule has 0 radical (unpaired) electrons. The van der Waals surface area contributed by atoms with Crippen LogP contribution in [0.5, 0.6) is 0 Å². The molecular formula is C15H23ClN2O2. The van der Waals surface area contributed by atoms with Gasteiger partial charge in [0.15, 0.2) is 0 Å². The van der Waals surface area contributed by atoms with Gasteiger partial charge in [0.25, 0.3) is 0 Å². The molecule has 5 heteroatoms. The molecule has 1 heterocycles. The van der Waals surface area contributed by atoms with E-state index in [1.807, 2.05) is 30.3 Å². The number of halogens is 1. The van der Waals surface area contributed by atoms with E-state index in [9.17, 15) is 4.79 Å². The lowest BCUT2D eigenvalue weighted by Gasteiger charge is -2.23. The van der Waals surface area contributed by atoms with E-state index in [4.69, 9.17) is 4.74 Å². The Morgan fingerprint density at radius 3 is 2.85 bits per heavy atom. The maximum absolute atomic E-state index is 11.7. The van der Waals surface area contributed by atoms with E-state index in [0.717, 1.165) is 31.5 Å². The maximum Gasteiger partial charge on any atom is 0.222 e. The highest BCUT2D eigenvalue weighted by molar-refractivity contribution is 5.85. The van der Waals surface area contributed by atoms with Crippen molar-refractivity contribution in [3.8, 4) is 0 Å². The summed E-state index contributed by atoms with van der Waals surface area (Å²) in [6.07, 6.45) is 2.64. The van der Waals surface area contributed by atoms with Crippen LogP contribution in [-0.2, 0) is 16.1 Å². The number of carbonyl (C=O) groups excluding carboxylic acids is 1. The van der Waals surface area contributed by atoms with E-state index in [1.165, 1.54) is 0 Å². The maximum atomic E-state index is 11.7. The molecule has 0 aliphatic carbocycles. The molecule has 4 nitrogen and oxygen atoms in total. The lowest BCUT2D eigenvalue weighted by atomic mass is 10.1. The number of nitrogens with one attached hydrogen (secondary N) is 2. The highest BCUT2D eigenvalue weighted by Gasteiger charge is 2.14. The number of hydrogen-bond donors (Lipinski definition) is 2. The average Bonchev–Trinajstić information content (AvgIpc) is 2.46. The van der Waals surface area contributed by atoms with Crippen LogP contribution in [0, 0.1) is 0 Å². The minimum atomic E-state index is 0. The quantitative estimate of drug-likeness (QED) is 0.789. The van der Waals surface area contributed by atoms with Crippen molar-refractivity contribution in [1.82, 2.24) is 10.6 Å². The third kappa shape index (κ3) is 6.37. The summed E-state index contributed by atoms with van der Waals surface area (Å²) in [4.78, 5) is 11.7. The Kier molecular flexibility index (Phi) is 8.26. The van der Waals surface area contributed by atoms with E-state index < -0.39 is 0 Å². The molecule has 1 atom stereocenters. The molecule has 1 aliphatic rings. The molecule has 2 rings (SSSR count). The molecule has 1 saturated heterocycles. The molecule has 20 heavy (non-hydrogen) atoms. The van der Waals surface area contributed by atoms with Crippen LogP contribution >= 0.6 is 12.4 Å². The van der Waals surface area contributed by atoms with Gasteiger partial charge in [-0.3, -0.25) is 4.79 Å². The van der Waals surface area contributed by atoms with Gasteiger partial charge in [-0.1, -0.05) is 30.3 Å². The fourth-order valence-electron chi connectivity index (χ4n) is 2.20. The van der Waals surface area contributed by atoms with Crippen molar-refractivity contribution < 1.29 is 9.53 Å². The van der Waals surface area contributed by atoms with Crippen LogP contribution in [0.25, 0.3) is 0 Å². The van der Waals surface area contributed by atoms with E-state index in [2.05, 4.69) is 10.6 Å². The SMILES string of the molecule is Cl.O=C(CCOCc1ccccc1)NC1CCCNC1. The van der Waals surface area contributed by atoms with Crippen LogP contribution in [0.4, 0.5) is 0 Å². The summed E-state index contributed by atoms with van der Waals surface area (Å²) in [6.45, 7) is 2.99. The molecule has 112 valence electrons. The van der Waals surface area contributed by atoms with Crippen molar-refractivity contribution in [2.24, 2.45) is 0 Å². The number of piperidine rings is 1. The van der Waals surface area contributed by atoms with Crippen molar-refractivity contribution in [2.45, 2.75) is 31.9 Å². The fraction of sp³-hybridized carbons (Fsp3) is 0.533. The highest BCUT2D eigenvalue weighted by atomic mass is 35.5. The first-order valence-electron chi connectivity index (χ1n) is 6.96. The second-order valence-corrected chi connectivity index (χ2v) is 4.90. The van der Waals surface area contributed by atoms with Gasteiger partial charge >= 0.3 is 0 Å². The van der Waals surface area contributed by atoms with Crippen LogP contribution < -0.4 is 10.6 Å². The Bertz CT molecular complexity index is 381. The molecule has 1 aromatic rings. The topological polar surface area (TPSA) is 50.4 Å². The van der Waals surface area contributed by atoms with Crippen LogP contribution in [0.1, 0.15) is 24.8 Å². The van der Waals surface area contributed by atoms with Crippen LogP contribution in [0.3, 0.4) is 0 Å². The minimum absolute atomic E-state index is 0. The first kappa shape index (κ1) is 17.0. The molecule has 1 aliphatic heterocycles. The third-order valence-corrected chi connectivity index (χ3v) is 3.25. The van der Waals surface area contributed by atoms with Crippen molar-refractivity contribution in [2.75, 3.05) is 19.7 Å². The summed E-state index contributed by atoms with van der Waals surface area (Å²) in [5.74, 6) is 0.0850. The first-order valence-corrected chi connectivity index (χ1v) is 6.96. The van der Waals surface area contributed by atoms with Gasteiger partial charge < -0.3 is 15.4 Å². The fourth-order valence-corrected chi connectivity index (χ4v) is 2.20. The summed E-state index contributed by atoms with van der Waals surface area (Å²) in [5, 5.41) is 6.32. The number of carbonyl (C=O) groups is 1. The number of benzene rings is 1. The Labute approximate surface area is 126 Å². The highest BCUT2D eigenvalue weighted by Crippen LogP contribution is 2.03. The van der Waals surface area contributed by atoms with Gasteiger partial charge in [-0.05, 0) is 24.9 Å². The van der Waals surface area contributed by atoms with Crippen molar-refractivity contribution in [1.29, 1.82) is 0 Å². The molecule has 0 aromatic heterocycles. The second kappa shape index (κ2) is 9.75. The molecular weight excluding hydrogens is 276 g/mol. The van der Waals surface area contributed by atoms with E-state index in [1.54, 1.807) is 0 Å². The molecule has 1 aromatic carbocycles. The van der Waals surface area contributed by atoms with Gasteiger partial charge in [-0.25, -0.2) is 0 Å². The van der Waals surface area contributed by atoms with Crippen molar-refractivity contribution in [3.63, 3.8) is 0 Å². The van der Waals surface area contributed by atoms with Gasteiger partial charge in [0.2, 0.25) is 5.91 Å². The van der Waals surface area contributed by atoms with Gasteiger partial charge in [0.1, 0.15) is 0 Å². The van der Waals surface area contributed by atoms with Gasteiger partial charge in [-0.2, -0.15) is 0 Å². The normalized spacial score (nSPS) is 18.1. The van der Waals surface area contributed by atoms with Crippen LogP contribution in [0.15, 0.2) is 30.3 Å². The zero-order chi connectivity index (χ0) is 13.3. The molecule has 1 fully saturated rings. The predicted octanol–water partition coefficient (Wildman–Crippen LogP) is 1.88. The summed E-state index contributed by atoms with van der Waals surface area (Å²) in [6, 6.07) is 10.3. The van der Waals surface area contributed by atoms with Crippen molar-refractivity contribution in [3.05, 3.63) is 35.9 Å². The van der Waals surface area contributed by atoms with Crippen LogP contribution in [0.2, 0.25) is 0 Å². The third-order valence-electron chi connectivity index (χ3n) is 3.25. The number of ether oxygens (including phenoxy) is 1. The van der Waals surface area contributed by atoms with Gasteiger partial charge in [0.05, 0.1) is 13.2 Å². The molecule has 2 N–H and O–H groups in total. The minimum Gasteiger partial charge on any atom is -0.376 e. The Hall–Kier alpha value is -1.10. The lowest BCUT2D eigenvalue weighted by Crippen LogP contribution is -2.45. The average molecular weight is 299 g/mol. The molecule has 0 saturated carbocycles. The zero-order valence-electron chi connectivity index (χ0n) is 11.6. The number of rotatable bonds is 6. The zero-order valence-corrected chi connectivity index (χ0v) is 12.5. The largest absolute Gasteiger partial charge is 0.376 e. The standard InChI is InChI=1S/C15H22N2O2.ClH/c18-15(17-14-7-4-9-16-11-14)8-10-19-12-13-5-2-1-3-6-13;/h1-3,5-6,14,16H,4,7-12H2,(H,17,18);1H. The Morgan fingerprint density at radius 1 is 1.35 bits per heavy atom. The molecule has 0 bridgehead atoms. The van der Waals surface area contributed by atoms with Crippen molar-refractivity contribution >= 4 is 18.3 Å². The smallest absolute Gasteiger partial charge is 0.222 e. The monoisotopic (exact) mass is 298 g/mol. The van der Waals surface area contributed by atoms with Gasteiger partial charge in [-0.15, -0.1) is 12.4 Å². The number of hydrogen-bond acceptors (Lipinski definition) is 3. The summed E-state index contributed by atoms with van der Waals surface area (Å²) >= 11 is 0. The van der Waals surface area contributed by atoms with E-state index in [0.29, 0.717) is 19.6 Å². The van der Waals surface area contributed by atoms with Crippen LogP contribution in [-0.4, -0.2) is 31.6 Å². The summed E-state index contributed by atoms with van der Waals surface area (Å²) < 4.78 is 5.50. The summed E-state index contributed by atoms with van der Waals surface area (Å²) in [7, 11) is 0. The molecule has 1 amide bonds. The van der Waals surface area contributed by atoms with E-state index >= 15 is 0 Å². The molecule has 0 spiro atoms. The Morgan fingerprint density at radius 2 is 2.15 bits per heavy atom. The second-order valence-electron chi connectivity index (χ2n) is 4.90. The first-order chi connectivity index (χ1) is 9.34. The van der Waals surface area contributed by atoms with Gasteiger partial charge in [0, 0.05) is 19.0 Å². The predicted molar refractivity (Wildman–Crippen MR) is 82.0 cm³/mol. The van der Waals surface area contributed by atoms with E-state index in [-0.39, 0.29) is 24.4 Å². The molecule has 1 unspecified atom stereocenters. The lowest BCUT2D eigenvalue weighted by molar-refractivity contribution is -0.123. The number of amides is 1.